The van der Waals surface area contributed by atoms with Gasteiger partial charge in [-0.25, -0.2) is 9.48 Å². The molecule has 3 rings (SSSR count). The molecule has 1 aromatic heterocycles. The number of hydrogen-bond acceptors (Lipinski definition) is 4. The molecule has 114 valence electrons. The molecule has 2 aromatic carbocycles. The van der Waals surface area contributed by atoms with E-state index in [2.05, 4.69) is 5.10 Å². The van der Waals surface area contributed by atoms with Crippen LogP contribution in [0.1, 0.15) is 10.5 Å². The van der Waals surface area contributed by atoms with Gasteiger partial charge in [-0.15, -0.1) is 0 Å². The van der Waals surface area contributed by atoms with Gasteiger partial charge in [0, 0.05) is 17.7 Å². The van der Waals surface area contributed by atoms with Crippen LogP contribution in [0.15, 0.2) is 60.7 Å². The number of benzene rings is 2. The minimum absolute atomic E-state index is 0.0654. The Morgan fingerprint density at radius 3 is 2.48 bits per heavy atom. The topological polar surface area (TPSA) is 98.3 Å². The van der Waals surface area contributed by atoms with Gasteiger partial charge in [0.15, 0.2) is 5.69 Å². The average molecular weight is 309 g/mol. The van der Waals surface area contributed by atoms with E-state index >= 15 is 0 Å². The first-order chi connectivity index (χ1) is 11.1. The van der Waals surface area contributed by atoms with Crippen LogP contribution in [-0.2, 0) is 0 Å². The van der Waals surface area contributed by atoms with Crippen molar-refractivity contribution in [3.8, 4) is 16.9 Å². The van der Waals surface area contributed by atoms with Crippen molar-refractivity contribution >= 4 is 11.7 Å². The second-order valence-electron chi connectivity index (χ2n) is 4.77. The van der Waals surface area contributed by atoms with Gasteiger partial charge in [0.1, 0.15) is 0 Å². The Kier molecular flexibility index (Phi) is 3.60. The predicted octanol–water partition coefficient (Wildman–Crippen LogP) is 3.15. The summed E-state index contributed by atoms with van der Waals surface area (Å²) in [5.74, 6) is -1.16. The van der Waals surface area contributed by atoms with Crippen LogP contribution in [0.3, 0.4) is 0 Å². The zero-order valence-electron chi connectivity index (χ0n) is 11.8. The molecule has 7 nitrogen and oxygen atoms in total. The number of aromatic nitrogens is 2. The van der Waals surface area contributed by atoms with E-state index in [-0.39, 0.29) is 11.4 Å². The van der Waals surface area contributed by atoms with E-state index in [1.807, 2.05) is 30.3 Å². The summed E-state index contributed by atoms with van der Waals surface area (Å²) in [6, 6.07) is 16.2. The van der Waals surface area contributed by atoms with Gasteiger partial charge in [0.05, 0.1) is 16.3 Å². The first-order valence-electron chi connectivity index (χ1n) is 6.70. The van der Waals surface area contributed by atoms with E-state index in [1.165, 1.54) is 28.9 Å². The van der Waals surface area contributed by atoms with E-state index in [9.17, 15) is 20.0 Å². The third kappa shape index (κ3) is 2.80. The maximum atomic E-state index is 11.5. The standard InChI is InChI=1S/C16H11N3O4/c20-16(21)15-10-14(11-5-2-1-3-6-11)17-18(15)12-7-4-8-13(9-12)19(22)23/h1-10H,(H,20,21). The number of hydrogen-bond donors (Lipinski definition) is 1. The Morgan fingerprint density at radius 2 is 1.83 bits per heavy atom. The fourth-order valence-electron chi connectivity index (χ4n) is 2.22. The number of nitro benzene ring substituents is 1. The molecule has 0 bridgehead atoms. The highest BCUT2D eigenvalue weighted by atomic mass is 16.6. The monoisotopic (exact) mass is 309 g/mol. The van der Waals surface area contributed by atoms with Gasteiger partial charge in [0.25, 0.3) is 5.69 Å². The van der Waals surface area contributed by atoms with Crippen molar-refractivity contribution in [3.05, 3.63) is 76.5 Å². The zero-order chi connectivity index (χ0) is 16.4. The van der Waals surface area contributed by atoms with Gasteiger partial charge in [-0.1, -0.05) is 36.4 Å². The zero-order valence-corrected chi connectivity index (χ0v) is 11.8. The molecular formula is C16H11N3O4. The highest BCUT2D eigenvalue weighted by molar-refractivity contribution is 5.88. The van der Waals surface area contributed by atoms with Crippen LogP contribution >= 0.6 is 0 Å². The van der Waals surface area contributed by atoms with Crippen molar-refractivity contribution in [2.45, 2.75) is 0 Å². The fourth-order valence-corrected chi connectivity index (χ4v) is 2.22. The maximum absolute atomic E-state index is 11.5. The third-order valence-electron chi connectivity index (χ3n) is 3.28. The lowest BCUT2D eigenvalue weighted by Gasteiger charge is -2.04. The van der Waals surface area contributed by atoms with Crippen molar-refractivity contribution in [2.24, 2.45) is 0 Å². The smallest absolute Gasteiger partial charge is 0.354 e. The summed E-state index contributed by atoms with van der Waals surface area (Å²) in [4.78, 5) is 21.8. The lowest BCUT2D eigenvalue weighted by molar-refractivity contribution is -0.384. The minimum atomic E-state index is -1.16. The summed E-state index contributed by atoms with van der Waals surface area (Å²) in [5.41, 5.74) is 1.37. The van der Waals surface area contributed by atoms with Crippen LogP contribution in [0.4, 0.5) is 5.69 Å². The average Bonchev–Trinajstić information content (AvgIpc) is 3.01. The molecule has 0 radical (unpaired) electrons. The lowest BCUT2D eigenvalue weighted by Crippen LogP contribution is -2.08. The number of carboxylic acid groups (broad SMARTS) is 1. The van der Waals surface area contributed by atoms with Gasteiger partial charge in [-0.05, 0) is 12.1 Å². The SMILES string of the molecule is O=C(O)c1cc(-c2ccccc2)nn1-c1cccc([N+](=O)[O-])c1. The van der Waals surface area contributed by atoms with Crippen LogP contribution in [-0.4, -0.2) is 25.8 Å². The number of carboxylic acids is 1. The van der Waals surface area contributed by atoms with Crippen molar-refractivity contribution in [1.82, 2.24) is 9.78 Å². The van der Waals surface area contributed by atoms with Gasteiger partial charge in [0.2, 0.25) is 0 Å². The molecule has 1 heterocycles. The first-order valence-corrected chi connectivity index (χ1v) is 6.70. The van der Waals surface area contributed by atoms with Crippen molar-refractivity contribution in [3.63, 3.8) is 0 Å². The minimum Gasteiger partial charge on any atom is -0.477 e. The first kappa shape index (κ1) is 14.5. The van der Waals surface area contributed by atoms with Crippen LogP contribution in [0.25, 0.3) is 16.9 Å². The van der Waals surface area contributed by atoms with E-state index in [0.29, 0.717) is 11.4 Å². The molecule has 1 N–H and O–H groups in total. The molecule has 0 saturated carbocycles. The Bertz CT molecular complexity index is 887. The summed E-state index contributed by atoms with van der Waals surface area (Å²) >= 11 is 0. The van der Waals surface area contributed by atoms with Crippen LogP contribution < -0.4 is 0 Å². The molecule has 0 atom stereocenters. The summed E-state index contributed by atoms with van der Waals surface area (Å²) in [5, 5.41) is 24.5. The van der Waals surface area contributed by atoms with Gasteiger partial charge >= 0.3 is 5.97 Å². The molecular weight excluding hydrogens is 298 g/mol. The summed E-state index contributed by atoms with van der Waals surface area (Å²) in [6.45, 7) is 0. The quantitative estimate of drug-likeness (QED) is 0.589. The molecule has 0 saturated heterocycles. The molecule has 3 aromatic rings. The molecule has 0 fully saturated rings. The Morgan fingerprint density at radius 1 is 1.09 bits per heavy atom. The largest absolute Gasteiger partial charge is 0.477 e. The van der Waals surface area contributed by atoms with E-state index < -0.39 is 10.9 Å². The van der Waals surface area contributed by atoms with Gasteiger partial charge in [-0.3, -0.25) is 10.1 Å². The third-order valence-corrected chi connectivity index (χ3v) is 3.28. The maximum Gasteiger partial charge on any atom is 0.354 e. The molecule has 0 aliphatic heterocycles. The molecule has 0 amide bonds. The number of carbonyl (C=O) groups is 1. The van der Waals surface area contributed by atoms with Crippen molar-refractivity contribution < 1.29 is 14.8 Å². The molecule has 7 heteroatoms. The normalized spacial score (nSPS) is 10.4. The van der Waals surface area contributed by atoms with Crippen LogP contribution in [0, 0.1) is 10.1 Å². The number of non-ortho nitro benzene ring substituents is 1. The van der Waals surface area contributed by atoms with Crippen LogP contribution in [0.2, 0.25) is 0 Å². The number of nitro groups is 1. The van der Waals surface area contributed by atoms with E-state index in [1.54, 1.807) is 6.07 Å². The lowest BCUT2D eigenvalue weighted by atomic mass is 10.1. The van der Waals surface area contributed by atoms with Gasteiger partial charge < -0.3 is 5.11 Å². The van der Waals surface area contributed by atoms with Crippen molar-refractivity contribution in [1.29, 1.82) is 0 Å². The Balaban J connectivity index is 2.15. The summed E-state index contributed by atoms with van der Waals surface area (Å²) < 4.78 is 1.19. The van der Waals surface area contributed by atoms with Crippen molar-refractivity contribution in [2.75, 3.05) is 0 Å². The summed E-state index contributed by atoms with van der Waals surface area (Å²) in [6.07, 6.45) is 0. The van der Waals surface area contributed by atoms with Gasteiger partial charge in [-0.2, -0.15) is 5.10 Å². The molecule has 0 aliphatic rings. The van der Waals surface area contributed by atoms with E-state index in [0.717, 1.165) is 5.56 Å². The Hall–Kier alpha value is -3.48. The Labute approximate surface area is 130 Å². The molecule has 0 unspecified atom stereocenters. The number of aromatic carboxylic acids is 1. The highest BCUT2D eigenvalue weighted by Gasteiger charge is 2.18. The number of rotatable bonds is 4. The second-order valence-corrected chi connectivity index (χ2v) is 4.77. The predicted molar refractivity (Wildman–Crippen MR) is 82.6 cm³/mol. The molecule has 0 aliphatic carbocycles. The molecule has 0 spiro atoms. The molecule has 23 heavy (non-hydrogen) atoms. The van der Waals surface area contributed by atoms with E-state index in [4.69, 9.17) is 0 Å². The second kappa shape index (κ2) is 5.72. The number of nitrogens with zero attached hydrogens (tertiary/aromatic N) is 3. The van der Waals surface area contributed by atoms with Crippen LogP contribution in [0.5, 0.6) is 0 Å². The highest BCUT2D eigenvalue weighted by Crippen LogP contribution is 2.23. The summed E-state index contributed by atoms with van der Waals surface area (Å²) in [7, 11) is 0. The fraction of sp³-hybridized carbons (Fsp3) is 0.